The van der Waals surface area contributed by atoms with Crippen molar-refractivity contribution in [3.8, 4) is 5.75 Å². The summed E-state index contributed by atoms with van der Waals surface area (Å²) >= 11 is 5.82. The number of carbonyl (C=O) groups excluding carboxylic acids is 1. The van der Waals surface area contributed by atoms with Crippen molar-refractivity contribution in [3.05, 3.63) is 41.4 Å². The first-order chi connectivity index (χ1) is 12.7. The van der Waals surface area contributed by atoms with E-state index in [0.717, 1.165) is 18.8 Å². The molecule has 7 heteroatoms. The van der Waals surface area contributed by atoms with E-state index in [2.05, 4.69) is 27.3 Å². The summed E-state index contributed by atoms with van der Waals surface area (Å²) in [7, 11) is 0. The van der Waals surface area contributed by atoms with Crippen molar-refractivity contribution in [3.63, 3.8) is 0 Å². The summed E-state index contributed by atoms with van der Waals surface area (Å²) in [4.78, 5) is 14.3. The zero-order valence-corrected chi connectivity index (χ0v) is 15.6. The van der Waals surface area contributed by atoms with E-state index in [9.17, 15) is 4.79 Å². The van der Waals surface area contributed by atoms with Crippen molar-refractivity contribution >= 4 is 29.1 Å². The maximum absolute atomic E-state index is 12.0. The van der Waals surface area contributed by atoms with E-state index in [1.807, 2.05) is 6.07 Å². The fraction of sp³-hybridized carbons (Fsp3) is 0.421. The first-order valence-electron chi connectivity index (χ1n) is 8.94. The number of aromatic nitrogens is 2. The molecule has 0 saturated carbocycles. The molecule has 1 aromatic carbocycles. The molecular formula is C19H23ClN4O2. The number of nitrogens with zero attached hydrogens (tertiary/aromatic N) is 3. The molecular weight excluding hydrogens is 352 g/mol. The summed E-state index contributed by atoms with van der Waals surface area (Å²) in [6.07, 6.45) is 4.74. The minimum absolute atomic E-state index is 0.102. The molecule has 6 nitrogen and oxygen atoms in total. The fourth-order valence-electron chi connectivity index (χ4n) is 3.13. The van der Waals surface area contributed by atoms with Crippen molar-refractivity contribution in [1.82, 2.24) is 10.2 Å². The molecule has 1 unspecified atom stereocenters. The Labute approximate surface area is 158 Å². The number of nitrogens with one attached hydrogen (secondary N) is 1. The lowest BCUT2D eigenvalue weighted by Crippen LogP contribution is -2.39. The molecule has 1 N–H and O–H groups in total. The molecule has 1 aromatic heterocycles. The van der Waals surface area contributed by atoms with Gasteiger partial charge in [-0.05, 0) is 62.1 Å². The van der Waals surface area contributed by atoms with Crippen molar-refractivity contribution in [1.29, 1.82) is 0 Å². The molecule has 26 heavy (non-hydrogen) atoms. The van der Waals surface area contributed by atoms with Crippen molar-refractivity contribution < 1.29 is 9.53 Å². The monoisotopic (exact) mass is 374 g/mol. The highest BCUT2D eigenvalue weighted by Gasteiger charge is 2.22. The SMILES string of the molecule is CCC1CCCCN1c1ccc(NC(=O)COc2ccc(Cl)cc2)nn1. The Balaban J connectivity index is 1.53. The molecule has 1 aliphatic heterocycles. The summed E-state index contributed by atoms with van der Waals surface area (Å²) in [6, 6.07) is 11.1. The number of benzene rings is 1. The van der Waals surface area contributed by atoms with Crippen LogP contribution in [0.1, 0.15) is 32.6 Å². The van der Waals surface area contributed by atoms with Crippen molar-refractivity contribution in [2.75, 3.05) is 23.4 Å². The molecule has 1 saturated heterocycles. The van der Waals surface area contributed by atoms with Crippen LogP contribution in [0.5, 0.6) is 5.75 Å². The second-order valence-electron chi connectivity index (χ2n) is 6.32. The highest BCUT2D eigenvalue weighted by molar-refractivity contribution is 6.30. The summed E-state index contributed by atoms with van der Waals surface area (Å²) in [5.74, 6) is 1.59. The van der Waals surface area contributed by atoms with Gasteiger partial charge in [0.1, 0.15) is 5.75 Å². The van der Waals surface area contributed by atoms with Gasteiger partial charge in [0, 0.05) is 17.6 Å². The Morgan fingerprint density at radius 3 is 2.73 bits per heavy atom. The average Bonchev–Trinajstić information content (AvgIpc) is 2.68. The fourth-order valence-corrected chi connectivity index (χ4v) is 3.26. The number of hydrogen-bond acceptors (Lipinski definition) is 5. The summed E-state index contributed by atoms with van der Waals surface area (Å²) in [5, 5.41) is 11.7. The van der Waals surface area contributed by atoms with Gasteiger partial charge in [0.2, 0.25) is 0 Å². The molecule has 2 heterocycles. The molecule has 1 amide bonds. The van der Waals surface area contributed by atoms with Gasteiger partial charge in [-0.15, -0.1) is 10.2 Å². The quantitative estimate of drug-likeness (QED) is 0.830. The van der Waals surface area contributed by atoms with Crippen LogP contribution in [0.25, 0.3) is 0 Å². The Kier molecular flexibility index (Phi) is 6.28. The van der Waals surface area contributed by atoms with Gasteiger partial charge in [0.05, 0.1) is 0 Å². The second kappa shape index (κ2) is 8.85. The Morgan fingerprint density at radius 1 is 1.23 bits per heavy atom. The number of ether oxygens (including phenoxy) is 1. The van der Waals surface area contributed by atoms with Crippen LogP contribution in [0.2, 0.25) is 5.02 Å². The van der Waals surface area contributed by atoms with Gasteiger partial charge in [-0.2, -0.15) is 0 Å². The molecule has 3 rings (SSSR count). The number of halogens is 1. The minimum atomic E-state index is -0.286. The molecule has 0 spiro atoms. The number of rotatable bonds is 6. The van der Waals surface area contributed by atoms with Crippen molar-refractivity contribution in [2.45, 2.75) is 38.6 Å². The van der Waals surface area contributed by atoms with Crippen molar-refractivity contribution in [2.24, 2.45) is 0 Å². The first-order valence-corrected chi connectivity index (χ1v) is 9.32. The predicted molar refractivity (Wildman–Crippen MR) is 103 cm³/mol. The molecule has 1 fully saturated rings. The molecule has 1 aliphatic rings. The Morgan fingerprint density at radius 2 is 2.04 bits per heavy atom. The summed E-state index contributed by atoms with van der Waals surface area (Å²) in [6.45, 7) is 3.11. The normalized spacial score (nSPS) is 17.0. The summed E-state index contributed by atoms with van der Waals surface area (Å²) < 4.78 is 5.42. The smallest absolute Gasteiger partial charge is 0.263 e. The predicted octanol–water partition coefficient (Wildman–Crippen LogP) is 3.92. The van der Waals surface area contributed by atoms with Gasteiger partial charge in [0.25, 0.3) is 5.91 Å². The first kappa shape index (κ1) is 18.5. The van der Waals surface area contributed by atoms with E-state index in [0.29, 0.717) is 22.6 Å². The summed E-state index contributed by atoms with van der Waals surface area (Å²) in [5.41, 5.74) is 0. The maximum Gasteiger partial charge on any atom is 0.263 e. The third-order valence-electron chi connectivity index (χ3n) is 4.49. The van der Waals surface area contributed by atoms with Crippen LogP contribution < -0.4 is 15.0 Å². The average molecular weight is 375 g/mol. The zero-order chi connectivity index (χ0) is 18.4. The van der Waals surface area contributed by atoms with Gasteiger partial charge in [-0.1, -0.05) is 18.5 Å². The van der Waals surface area contributed by atoms with E-state index in [-0.39, 0.29) is 12.5 Å². The van der Waals surface area contributed by atoms with Gasteiger partial charge in [-0.3, -0.25) is 4.79 Å². The third-order valence-corrected chi connectivity index (χ3v) is 4.75. The zero-order valence-electron chi connectivity index (χ0n) is 14.8. The number of amides is 1. The molecule has 0 bridgehead atoms. The number of hydrogen-bond donors (Lipinski definition) is 1. The minimum Gasteiger partial charge on any atom is -0.484 e. The molecule has 1 atom stereocenters. The van der Waals surface area contributed by atoms with E-state index in [1.54, 1.807) is 30.3 Å². The van der Waals surface area contributed by atoms with Gasteiger partial charge in [0.15, 0.2) is 18.2 Å². The second-order valence-corrected chi connectivity index (χ2v) is 6.76. The van der Waals surface area contributed by atoms with Crippen LogP contribution in [-0.2, 0) is 4.79 Å². The maximum atomic E-state index is 12.0. The largest absolute Gasteiger partial charge is 0.484 e. The molecule has 0 aliphatic carbocycles. The lowest BCUT2D eigenvalue weighted by molar-refractivity contribution is -0.118. The molecule has 2 aromatic rings. The number of anilines is 2. The highest BCUT2D eigenvalue weighted by atomic mass is 35.5. The van der Waals surface area contributed by atoms with Crippen LogP contribution in [0.4, 0.5) is 11.6 Å². The highest BCUT2D eigenvalue weighted by Crippen LogP contribution is 2.24. The van der Waals surface area contributed by atoms with Crippen LogP contribution in [0.15, 0.2) is 36.4 Å². The third kappa shape index (κ3) is 4.85. The van der Waals surface area contributed by atoms with Crippen LogP contribution in [-0.4, -0.2) is 35.3 Å². The lowest BCUT2D eigenvalue weighted by atomic mass is 10.0. The van der Waals surface area contributed by atoms with E-state index in [1.165, 1.54) is 19.3 Å². The van der Waals surface area contributed by atoms with Crippen LogP contribution in [0, 0.1) is 0 Å². The van der Waals surface area contributed by atoms with Crippen LogP contribution in [0.3, 0.4) is 0 Å². The van der Waals surface area contributed by atoms with E-state index in [4.69, 9.17) is 16.3 Å². The Bertz CT molecular complexity index is 721. The van der Waals surface area contributed by atoms with E-state index >= 15 is 0 Å². The van der Waals surface area contributed by atoms with Gasteiger partial charge < -0.3 is 15.0 Å². The van der Waals surface area contributed by atoms with Gasteiger partial charge >= 0.3 is 0 Å². The lowest BCUT2D eigenvalue weighted by Gasteiger charge is -2.35. The van der Waals surface area contributed by atoms with Crippen LogP contribution >= 0.6 is 11.6 Å². The topological polar surface area (TPSA) is 67.4 Å². The standard InChI is InChI=1S/C19H23ClN4O2/c1-2-15-5-3-4-12-24(15)18-11-10-17(22-23-18)21-19(25)13-26-16-8-6-14(20)7-9-16/h6-11,15H,2-5,12-13H2,1H3,(H,21,22,25). The Hall–Kier alpha value is -2.34. The molecule has 138 valence electrons. The molecule has 0 radical (unpaired) electrons. The number of piperidine rings is 1. The number of carbonyl (C=O) groups is 1. The van der Waals surface area contributed by atoms with Gasteiger partial charge in [-0.25, -0.2) is 0 Å². The van der Waals surface area contributed by atoms with E-state index < -0.39 is 0 Å².